The predicted molar refractivity (Wildman–Crippen MR) is 118 cm³/mol. The third kappa shape index (κ3) is 4.15. The summed E-state index contributed by atoms with van der Waals surface area (Å²) in [5, 5.41) is 0. The number of amides is 2. The number of carbonyl (C=O) groups is 2. The van der Waals surface area contributed by atoms with Crippen molar-refractivity contribution in [2.75, 3.05) is 25.9 Å². The van der Waals surface area contributed by atoms with Crippen molar-refractivity contribution >= 4 is 21.8 Å². The number of rotatable bonds is 5. The molecule has 0 spiro atoms. The first kappa shape index (κ1) is 22.0. The molecule has 8 heteroatoms. The number of piperidine rings is 1. The van der Waals surface area contributed by atoms with Crippen LogP contribution in [0.4, 0.5) is 0 Å². The summed E-state index contributed by atoms with van der Waals surface area (Å²) in [5.74, 6) is -1.27. The molecule has 7 nitrogen and oxygen atoms in total. The molecule has 2 atom stereocenters. The van der Waals surface area contributed by atoms with Gasteiger partial charge in [-0.3, -0.25) is 14.5 Å². The highest BCUT2D eigenvalue weighted by molar-refractivity contribution is 7.89. The largest absolute Gasteiger partial charge is 0.325 e. The minimum Gasteiger partial charge on any atom is -0.325 e. The summed E-state index contributed by atoms with van der Waals surface area (Å²) in [6.07, 6.45) is 6.52. The maximum Gasteiger partial charge on any atom is 0.254 e. The Hall–Kier alpha value is -2.19. The number of hydrogen-bond donors (Lipinski definition) is 0. The van der Waals surface area contributed by atoms with Gasteiger partial charge in [-0.1, -0.05) is 32.4 Å². The molecule has 3 heterocycles. The van der Waals surface area contributed by atoms with Gasteiger partial charge in [0.15, 0.2) is 0 Å². The van der Waals surface area contributed by atoms with Crippen molar-refractivity contribution in [3.05, 3.63) is 47.2 Å². The van der Waals surface area contributed by atoms with Crippen molar-refractivity contribution in [3.8, 4) is 0 Å². The van der Waals surface area contributed by atoms with Crippen LogP contribution in [-0.2, 0) is 21.4 Å². The zero-order chi connectivity index (χ0) is 22.3. The van der Waals surface area contributed by atoms with Crippen molar-refractivity contribution in [2.24, 2.45) is 11.8 Å². The van der Waals surface area contributed by atoms with Crippen LogP contribution in [0.2, 0.25) is 0 Å². The number of fused-ring (bicyclic) bond motifs is 1. The predicted octanol–water partition coefficient (Wildman–Crippen LogP) is 2.45. The highest BCUT2D eigenvalue weighted by atomic mass is 32.2. The molecule has 168 valence electrons. The Labute approximate surface area is 184 Å². The van der Waals surface area contributed by atoms with Crippen LogP contribution in [0.25, 0.3) is 0 Å². The van der Waals surface area contributed by atoms with E-state index in [1.54, 1.807) is 11.0 Å². The lowest BCUT2D eigenvalue weighted by molar-refractivity contribution is -0.128. The highest BCUT2D eigenvalue weighted by Gasteiger charge is 2.54. The number of hydrogen-bond acceptors (Lipinski definition) is 5. The third-order valence-electron chi connectivity index (χ3n) is 6.56. The van der Waals surface area contributed by atoms with E-state index >= 15 is 0 Å². The van der Waals surface area contributed by atoms with E-state index < -0.39 is 27.9 Å². The zero-order valence-electron chi connectivity index (χ0n) is 18.5. The molecule has 3 aliphatic heterocycles. The molecule has 0 unspecified atom stereocenters. The SMILES string of the molecule is CC(C)[C@H]1C(=O)N(S(C)(=O)=O)C2=CCN(C(=O)c3ccc(CN4CCCCC4)cc3)[C@@H]21. The van der Waals surface area contributed by atoms with E-state index in [4.69, 9.17) is 0 Å². The average Bonchev–Trinajstić information content (AvgIpc) is 3.24. The van der Waals surface area contributed by atoms with Gasteiger partial charge in [-0.15, -0.1) is 0 Å². The van der Waals surface area contributed by atoms with Crippen LogP contribution in [-0.4, -0.2) is 66.3 Å². The van der Waals surface area contributed by atoms with Gasteiger partial charge in [0.25, 0.3) is 5.91 Å². The van der Waals surface area contributed by atoms with Crippen LogP contribution in [0.5, 0.6) is 0 Å². The normalized spacial score (nSPS) is 24.6. The Bertz CT molecular complexity index is 994. The lowest BCUT2D eigenvalue weighted by Gasteiger charge is -2.29. The first-order valence-corrected chi connectivity index (χ1v) is 12.9. The van der Waals surface area contributed by atoms with Crippen LogP contribution in [0.1, 0.15) is 49.0 Å². The number of benzene rings is 1. The Balaban J connectivity index is 1.53. The van der Waals surface area contributed by atoms with Gasteiger partial charge in [-0.2, -0.15) is 0 Å². The lowest BCUT2D eigenvalue weighted by Crippen LogP contribution is -2.43. The first-order valence-electron chi connectivity index (χ1n) is 11.0. The lowest BCUT2D eigenvalue weighted by atomic mass is 9.89. The van der Waals surface area contributed by atoms with E-state index in [1.807, 2.05) is 38.1 Å². The molecule has 2 saturated heterocycles. The minimum absolute atomic E-state index is 0.0898. The molecule has 0 radical (unpaired) electrons. The fourth-order valence-corrected chi connectivity index (χ4v) is 6.09. The topological polar surface area (TPSA) is 78.0 Å². The van der Waals surface area contributed by atoms with E-state index in [1.165, 1.54) is 24.8 Å². The molecule has 1 aromatic carbocycles. The molecule has 31 heavy (non-hydrogen) atoms. The van der Waals surface area contributed by atoms with Crippen molar-refractivity contribution in [1.29, 1.82) is 0 Å². The van der Waals surface area contributed by atoms with Crippen molar-refractivity contribution in [1.82, 2.24) is 14.1 Å². The summed E-state index contributed by atoms with van der Waals surface area (Å²) in [7, 11) is -3.73. The van der Waals surface area contributed by atoms with Gasteiger partial charge in [0.1, 0.15) is 0 Å². The van der Waals surface area contributed by atoms with Crippen molar-refractivity contribution < 1.29 is 18.0 Å². The number of sulfonamides is 1. The molecule has 0 saturated carbocycles. The van der Waals surface area contributed by atoms with Gasteiger partial charge in [0.2, 0.25) is 15.9 Å². The van der Waals surface area contributed by atoms with Gasteiger partial charge >= 0.3 is 0 Å². The van der Waals surface area contributed by atoms with E-state index in [-0.39, 0.29) is 11.8 Å². The van der Waals surface area contributed by atoms with Crippen LogP contribution >= 0.6 is 0 Å². The van der Waals surface area contributed by atoms with Gasteiger partial charge in [-0.05, 0) is 55.6 Å². The first-order chi connectivity index (χ1) is 14.7. The van der Waals surface area contributed by atoms with Crippen LogP contribution in [0, 0.1) is 11.8 Å². The quantitative estimate of drug-likeness (QED) is 0.696. The molecule has 2 amide bonds. The summed E-state index contributed by atoms with van der Waals surface area (Å²) >= 11 is 0. The second-order valence-corrected chi connectivity index (χ2v) is 11.0. The molecule has 0 N–H and O–H groups in total. The standard InChI is InChI=1S/C23H31N3O4S/c1-16(2)20-21-19(26(23(20)28)31(3,29)30)11-14-25(21)22(27)18-9-7-17(8-10-18)15-24-12-5-4-6-13-24/h7-11,16,20-21H,4-6,12-15H2,1-3H3/t20-,21+/m1/s1. The Morgan fingerprint density at radius 2 is 1.74 bits per heavy atom. The maximum absolute atomic E-state index is 13.3. The molecule has 2 fully saturated rings. The summed E-state index contributed by atoms with van der Waals surface area (Å²) in [6, 6.07) is 7.14. The summed E-state index contributed by atoms with van der Waals surface area (Å²) < 4.78 is 25.4. The van der Waals surface area contributed by atoms with E-state index in [2.05, 4.69) is 4.90 Å². The highest BCUT2D eigenvalue weighted by Crippen LogP contribution is 2.41. The molecule has 0 aliphatic carbocycles. The molecular weight excluding hydrogens is 414 g/mol. The smallest absolute Gasteiger partial charge is 0.254 e. The summed E-state index contributed by atoms with van der Waals surface area (Å²) in [6.45, 7) is 7.21. The van der Waals surface area contributed by atoms with Gasteiger partial charge in [-0.25, -0.2) is 12.7 Å². The number of likely N-dealkylation sites (tertiary alicyclic amines) is 1. The van der Waals surface area contributed by atoms with Gasteiger partial charge < -0.3 is 4.90 Å². The minimum atomic E-state index is -3.73. The summed E-state index contributed by atoms with van der Waals surface area (Å²) in [4.78, 5) is 30.3. The van der Waals surface area contributed by atoms with E-state index in [0.29, 0.717) is 17.8 Å². The average molecular weight is 446 g/mol. The second-order valence-electron chi connectivity index (χ2n) is 9.20. The van der Waals surface area contributed by atoms with Crippen molar-refractivity contribution in [2.45, 2.75) is 45.7 Å². The second kappa shape index (κ2) is 8.39. The Morgan fingerprint density at radius 1 is 1.10 bits per heavy atom. The van der Waals surface area contributed by atoms with Gasteiger partial charge in [0, 0.05) is 18.7 Å². The fourth-order valence-electron chi connectivity index (χ4n) is 5.07. The van der Waals surface area contributed by atoms with E-state index in [9.17, 15) is 18.0 Å². The molecule has 0 bridgehead atoms. The van der Waals surface area contributed by atoms with Gasteiger partial charge in [0.05, 0.1) is 23.9 Å². The van der Waals surface area contributed by atoms with Crippen LogP contribution in [0.3, 0.4) is 0 Å². The molecule has 1 aromatic rings. The van der Waals surface area contributed by atoms with Crippen molar-refractivity contribution in [3.63, 3.8) is 0 Å². The Morgan fingerprint density at radius 3 is 2.32 bits per heavy atom. The Kier molecular flexibility index (Phi) is 5.96. The fraction of sp³-hybridized carbons (Fsp3) is 0.565. The molecule has 0 aromatic heterocycles. The van der Waals surface area contributed by atoms with E-state index in [0.717, 1.165) is 30.2 Å². The number of carbonyl (C=O) groups excluding carboxylic acids is 2. The molecular formula is C23H31N3O4S. The maximum atomic E-state index is 13.3. The number of nitrogens with zero attached hydrogens (tertiary/aromatic N) is 3. The van der Waals surface area contributed by atoms with Crippen LogP contribution < -0.4 is 0 Å². The summed E-state index contributed by atoms with van der Waals surface area (Å²) in [5.41, 5.74) is 2.16. The zero-order valence-corrected chi connectivity index (χ0v) is 19.3. The third-order valence-corrected chi connectivity index (χ3v) is 7.62. The molecule has 3 aliphatic rings. The molecule has 4 rings (SSSR count). The monoisotopic (exact) mass is 445 g/mol. The van der Waals surface area contributed by atoms with Crippen LogP contribution in [0.15, 0.2) is 36.0 Å².